The van der Waals surface area contributed by atoms with Crippen molar-refractivity contribution in [3.05, 3.63) is 47.7 Å². The zero-order valence-electron chi connectivity index (χ0n) is 10.1. The standard InChI is InChI=1S/C15H17NO/c1-11-2-4-12(5-3-11)15-9-8-14(17-15)10-16-13-6-7-13/h2-5,8-9,13,16H,6-7,10H2,1H3. The Kier molecular flexibility index (Phi) is 2.73. The Morgan fingerprint density at radius 3 is 2.59 bits per heavy atom. The summed E-state index contributed by atoms with van der Waals surface area (Å²) in [5.41, 5.74) is 2.42. The van der Waals surface area contributed by atoms with Crippen LogP contribution in [0.3, 0.4) is 0 Å². The summed E-state index contributed by atoms with van der Waals surface area (Å²) in [5.74, 6) is 1.98. The van der Waals surface area contributed by atoms with Gasteiger partial charge in [-0.2, -0.15) is 0 Å². The van der Waals surface area contributed by atoms with Crippen molar-refractivity contribution >= 4 is 0 Å². The van der Waals surface area contributed by atoms with Crippen molar-refractivity contribution in [1.29, 1.82) is 0 Å². The number of furan rings is 1. The molecule has 1 heterocycles. The number of rotatable bonds is 4. The van der Waals surface area contributed by atoms with Crippen LogP contribution in [0.5, 0.6) is 0 Å². The molecule has 2 heteroatoms. The van der Waals surface area contributed by atoms with Crippen molar-refractivity contribution in [2.24, 2.45) is 0 Å². The van der Waals surface area contributed by atoms with Crippen LogP contribution < -0.4 is 5.32 Å². The molecule has 0 spiro atoms. The molecule has 0 aliphatic heterocycles. The molecule has 1 aliphatic carbocycles. The number of hydrogen-bond donors (Lipinski definition) is 1. The fourth-order valence-corrected chi connectivity index (χ4v) is 1.88. The quantitative estimate of drug-likeness (QED) is 0.864. The Morgan fingerprint density at radius 1 is 1.12 bits per heavy atom. The van der Waals surface area contributed by atoms with Crippen molar-refractivity contribution in [1.82, 2.24) is 5.32 Å². The van der Waals surface area contributed by atoms with Crippen LogP contribution in [0.4, 0.5) is 0 Å². The maximum absolute atomic E-state index is 5.83. The van der Waals surface area contributed by atoms with E-state index in [4.69, 9.17) is 4.42 Å². The van der Waals surface area contributed by atoms with E-state index in [-0.39, 0.29) is 0 Å². The van der Waals surface area contributed by atoms with Crippen LogP contribution in [-0.4, -0.2) is 6.04 Å². The SMILES string of the molecule is Cc1ccc(-c2ccc(CNC3CC3)o2)cc1. The number of hydrogen-bond acceptors (Lipinski definition) is 2. The summed E-state index contributed by atoms with van der Waals surface area (Å²) in [7, 11) is 0. The Balaban J connectivity index is 1.72. The molecular weight excluding hydrogens is 210 g/mol. The molecule has 1 aromatic carbocycles. The van der Waals surface area contributed by atoms with Gasteiger partial charge in [0.15, 0.2) is 0 Å². The molecule has 3 rings (SSSR count). The van der Waals surface area contributed by atoms with Crippen molar-refractivity contribution in [2.45, 2.75) is 32.4 Å². The summed E-state index contributed by atoms with van der Waals surface area (Å²) in [4.78, 5) is 0. The van der Waals surface area contributed by atoms with Crippen LogP contribution in [0.15, 0.2) is 40.8 Å². The van der Waals surface area contributed by atoms with Gasteiger partial charge in [-0.05, 0) is 31.9 Å². The highest BCUT2D eigenvalue weighted by atomic mass is 16.3. The molecule has 88 valence electrons. The van der Waals surface area contributed by atoms with Crippen LogP contribution >= 0.6 is 0 Å². The average Bonchev–Trinajstić information content (AvgIpc) is 3.06. The first kappa shape index (κ1) is 10.6. The van der Waals surface area contributed by atoms with Crippen molar-refractivity contribution in [3.63, 3.8) is 0 Å². The van der Waals surface area contributed by atoms with E-state index in [1.54, 1.807) is 0 Å². The van der Waals surface area contributed by atoms with Crippen molar-refractivity contribution in [3.8, 4) is 11.3 Å². The lowest BCUT2D eigenvalue weighted by atomic mass is 10.1. The molecule has 2 nitrogen and oxygen atoms in total. The van der Waals surface area contributed by atoms with E-state index in [0.29, 0.717) is 0 Å². The molecule has 1 saturated carbocycles. The van der Waals surface area contributed by atoms with Crippen LogP contribution in [0.1, 0.15) is 24.2 Å². The van der Waals surface area contributed by atoms with E-state index in [1.807, 2.05) is 0 Å². The molecule has 2 aromatic rings. The fourth-order valence-electron chi connectivity index (χ4n) is 1.88. The van der Waals surface area contributed by atoms with Gasteiger partial charge in [0.1, 0.15) is 11.5 Å². The minimum absolute atomic E-state index is 0.725. The maximum atomic E-state index is 5.83. The van der Waals surface area contributed by atoms with Crippen molar-refractivity contribution in [2.75, 3.05) is 0 Å². The topological polar surface area (TPSA) is 25.2 Å². The second-order valence-electron chi connectivity index (χ2n) is 4.79. The Labute approximate surface area is 102 Å². The van der Waals surface area contributed by atoms with E-state index in [2.05, 4.69) is 48.6 Å². The highest BCUT2D eigenvalue weighted by Crippen LogP contribution is 2.24. The number of nitrogens with one attached hydrogen (secondary N) is 1. The summed E-state index contributed by atoms with van der Waals surface area (Å²) >= 11 is 0. The molecular formula is C15H17NO. The zero-order valence-corrected chi connectivity index (χ0v) is 10.1. The third-order valence-corrected chi connectivity index (χ3v) is 3.14. The van der Waals surface area contributed by atoms with E-state index < -0.39 is 0 Å². The predicted octanol–water partition coefficient (Wildman–Crippen LogP) is 3.51. The lowest BCUT2D eigenvalue weighted by Gasteiger charge is -2.00. The fraction of sp³-hybridized carbons (Fsp3) is 0.333. The van der Waals surface area contributed by atoms with E-state index >= 15 is 0 Å². The van der Waals surface area contributed by atoms with Crippen LogP contribution in [0.2, 0.25) is 0 Å². The monoisotopic (exact) mass is 227 g/mol. The first-order valence-corrected chi connectivity index (χ1v) is 6.20. The lowest BCUT2D eigenvalue weighted by Crippen LogP contribution is -2.14. The van der Waals surface area contributed by atoms with Gasteiger partial charge < -0.3 is 9.73 Å². The molecule has 0 radical (unpaired) electrons. The van der Waals surface area contributed by atoms with Gasteiger partial charge >= 0.3 is 0 Å². The van der Waals surface area contributed by atoms with Crippen molar-refractivity contribution < 1.29 is 4.42 Å². The molecule has 0 amide bonds. The average molecular weight is 227 g/mol. The summed E-state index contributed by atoms with van der Waals surface area (Å²) in [5, 5.41) is 3.45. The number of benzene rings is 1. The van der Waals surface area contributed by atoms with Gasteiger partial charge in [0, 0.05) is 11.6 Å². The first-order valence-electron chi connectivity index (χ1n) is 6.20. The third-order valence-electron chi connectivity index (χ3n) is 3.14. The predicted molar refractivity (Wildman–Crippen MR) is 68.7 cm³/mol. The molecule has 1 aliphatic rings. The number of aryl methyl sites for hydroxylation is 1. The van der Waals surface area contributed by atoms with E-state index in [9.17, 15) is 0 Å². The molecule has 0 bridgehead atoms. The van der Waals surface area contributed by atoms with Gasteiger partial charge in [0.25, 0.3) is 0 Å². The molecule has 1 aromatic heterocycles. The summed E-state index contributed by atoms with van der Waals surface area (Å²) in [6.07, 6.45) is 2.62. The molecule has 1 N–H and O–H groups in total. The normalized spacial score (nSPS) is 15.1. The Morgan fingerprint density at radius 2 is 1.88 bits per heavy atom. The van der Waals surface area contributed by atoms with Gasteiger partial charge in [-0.25, -0.2) is 0 Å². The Hall–Kier alpha value is -1.54. The first-order chi connectivity index (χ1) is 8.31. The maximum Gasteiger partial charge on any atom is 0.134 e. The molecule has 0 saturated heterocycles. The highest BCUT2D eigenvalue weighted by Gasteiger charge is 2.20. The summed E-state index contributed by atoms with van der Waals surface area (Å²) in [6.45, 7) is 2.94. The van der Waals surface area contributed by atoms with E-state index in [0.717, 1.165) is 29.7 Å². The summed E-state index contributed by atoms with van der Waals surface area (Å²) < 4.78 is 5.83. The lowest BCUT2D eigenvalue weighted by molar-refractivity contribution is 0.492. The minimum atomic E-state index is 0.725. The molecule has 0 atom stereocenters. The van der Waals surface area contributed by atoms with Crippen LogP contribution in [-0.2, 0) is 6.54 Å². The van der Waals surface area contributed by atoms with Gasteiger partial charge in [-0.1, -0.05) is 29.8 Å². The second-order valence-corrected chi connectivity index (χ2v) is 4.79. The molecule has 17 heavy (non-hydrogen) atoms. The third kappa shape index (κ3) is 2.59. The van der Waals surface area contributed by atoms with Gasteiger partial charge in [0.2, 0.25) is 0 Å². The minimum Gasteiger partial charge on any atom is -0.460 e. The zero-order chi connectivity index (χ0) is 11.7. The second kappa shape index (κ2) is 4.38. The van der Waals surface area contributed by atoms with Gasteiger partial charge in [-0.3, -0.25) is 0 Å². The largest absolute Gasteiger partial charge is 0.460 e. The molecule has 1 fully saturated rings. The van der Waals surface area contributed by atoms with Gasteiger partial charge in [-0.15, -0.1) is 0 Å². The smallest absolute Gasteiger partial charge is 0.134 e. The van der Waals surface area contributed by atoms with Gasteiger partial charge in [0.05, 0.1) is 6.54 Å². The van der Waals surface area contributed by atoms with Crippen LogP contribution in [0.25, 0.3) is 11.3 Å². The Bertz CT molecular complexity index is 494. The highest BCUT2D eigenvalue weighted by molar-refractivity contribution is 5.57. The van der Waals surface area contributed by atoms with E-state index in [1.165, 1.54) is 18.4 Å². The van der Waals surface area contributed by atoms with Crippen LogP contribution in [0, 0.1) is 6.92 Å². The molecule has 0 unspecified atom stereocenters. The summed E-state index contributed by atoms with van der Waals surface area (Å²) in [6, 6.07) is 13.3.